The molecule has 8 fully saturated rings. The van der Waals surface area contributed by atoms with Crippen LogP contribution in [0.5, 0.6) is 0 Å². The molecule has 12 nitrogen and oxygen atoms in total. The molecule has 4 aliphatic carbocycles. The van der Waals surface area contributed by atoms with Crippen molar-refractivity contribution < 1.29 is 38.4 Å². The van der Waals surface area contributed by atoms with Crippen molar-refractivity contribution >= 4 is 55.7 Å². The number of imide groups is 4. The molecule has 0 bridgehead atoms. The van der Waals surface area contributed by atoms with Crippen molar-refractivity contribution in [2.75, 3.05) is 28.2 Å². The highest BCUT2D eigenvalue weighted by atomic mass is 16.2. The zero-order valence-corrected chi connectivity index (χ0v) is 33.6. The SMILES string of the molecule is C.C.C.C1CCCCC1.C1CCCCC1.CC.CC.CN1C(=O)C2CC3C(=O)N(C)C(=O)C3CC2C1=O.CN1C(=O)C2CC3C(=O)N(C)C(=O)C3CC2C1=O.[B]. The third kappa shape index (κ3) is 11.4. The summed E-state index contributed by atoms with van der Waals surface area (Å²) >= 11 is 0. The first-order chi connectivity index (χ1) is 24.9. The van der Waals surface area contributed by atoms with Crippen molar-refractivity contribution in [1.29, 1.82) is 0 Å². The van der Waals surface area contributed by atoms with Crippen LogP contribution in [0.15, 0.2) is 0 Å². The molecule has 8 aliphatic rings. The maximum atomic E-state index is 11.9. The Hall–Kier alpha value is -3.38. The van der Waals surface area contributed by atoms with Crippen molar-refractivity contribution in [2.24, 2.45) is 47.3 Å². The maximum Gasteiger partial charge on any atom is 0.232 e. The highest BCUT2D eigenvalue weighted by Gasteiger charge is 2.59. The monoisotopic (exact) mass is 788 g/mol. The highest BCUT2D eigenvalue weighted by molar-refractivity contribution is 6.10. The Labute approximate surface area is 341 Å². The lowest BCUT2D eigenvalue weighted by Crippen LogP contribution is -2.35. The summed E-state index contributed by atoms with van der Waals surface area (Å²) in [6.07, 6.45) is 19.3. The average molecular weight is 788 g/mol. The highest BCUT2D eigenvalue weighted by Crippen LogP contribution is 2.48. The Balaban J connectivity index is 0. The lowest BCUT2D eigenvalue weighted by molar-refractivity contribution is -0.141. The number of fused-ring (bicyclic) bond motifs is 4. The molecule has 3 radical (unpaired) electrons. The second-order valence-electron chi connectivity index (χ2n) is 15.0. The first-order valence-corrected chi connectivity index (χ1v) is 20.1. The van der Waals surface area contributed by atoms with E-state index in [1.54, 1.807) is 0 Å². The number of amides is 8. The quantitative estimate of drug-likeness (QED) is 0.194. The van der Waals surface area contributed by atoms with Crippen LogP contribution in [0.1, 0.15) is 153 Å². The lowest BCUT2D eigenvalue weighted by Gasteiger charge is -2.28. The molecule has 4 heterocycles. The van der Waals surface area contributed by atoms with E-state index in [1.807, 2.05) is 27.7 Å². The summed E-state index contributed by atoms with van der Waals surface area (Å²) in [6, 6.07) is 0. The van der Waals surface area contributed by atoms with Crippen molar-refractivity contribution in [3.05, 3.63) is 0 Å². The van der Waals surface area contributed by atoms with Gasteiger partial charge in [-0.3, -0.25) is 58.0 Å². The number of hydrogen-bond donors (Lipinski definition) is 0. The lowest BCUT2D eigenvalue weighted by atomic mass is 9.70. The molecule has 4 saturated heterocycles. The summed E-state index contributed by atoms with van der Waals surface area (Å²) in [4.78, 5) is 99.8. The van der Waals surface area contributed by atoms with E-state index in [-0.39, 0.29) is 78.0 Å². The maximum absolute atomic E-state index is 11.9. The van der Waals surface area contributed by atoms with E-state index in [0.29, 0.717) is 25.7 Å². The normalized spacial score (nSPS) is 30.7. The molecule has 0 spiro atoms. The van der Waals surface area contributed by atoms with Crippen LogP contribution in [0.4, 0.5) is 0 Å². The molecule has 0 N–H and O–H groups in total. The number of hydrogen-bond acceptors (Lipinski definition) is 8. The molecule has 56 heavy (non-hydrogen) atoms. The summed E-state index contributed by atoms with van der Waals surface area (Å²) < 4.78 is 0. The van der Waals surface area contributed by atoms with E-state index >= 15 is 0 Å². The van der Waals surface area contributed by atoms with Crippen molar-refractivity contribution in [1.82, 2.24) is 19.6 Å². The first kappa shape index (κ1) is 54.7. The standard InChI is InChI=1S/2C12H14N2O4.2C6H12.2C2H6.3CH4.B/c2*1-13-9(15)5-3-7-8(4-6(5)10(13)16)12(18)14(2)11(7)17;2*1-2-4-6-5-3-1;2*1-2;;;;/h2*5-8H,3-4H2,1-2H3;2*1-6H2;2*1-2H3;3*1H4;. The fraction of sp³-hybridized carbons (Fsp3) is 0.814. The Morgan fingerprint density at radius 2 is 0.375 bits per heavy atom. The van der Waals surface area contributed by atoms with Gasteiger partial charge in [0.15, 0.2) is 0 Å². The van der Waals surface area contributed by atoms with Crippen LogP contribution >= 0.6 is 0 Å². The van der Waals surface area contributed by atoms with Gasteiger partial charge in [0.25, 0.3) is 0 Å². The summed E-state index contributed by atoms with van der Waals surface area (Å²) in [5.74, 6) is -4.96. The number of carbonyl (C=O) groups excluding carboxylic acids is 8. The fourth-order valence-corrected chi connectivity index (χ4v) is 9.14. The topological polar surface area (TPSA) is 150 Å². The summed E-state index contributed by atoms with van der Waals surface area (Å²) in [5.41, 5.74) is 0. The van der Waals surface area contributed by atoms with Crippen molar-refractivity contribution in [3.8, 4) is 0 Å². The average Bonchev–Trinajstić information content (AvgIpc) is 3.74. The minimum absolute atomic E-state index is 0. The van der Waals surface area contributed by atoms with Gasteiger partial charge >= 0.3 is 0 Å². The summed E-state index contributed by atoms with van der Waals surface area (Å²) in [7, 11) is 5.87. The van der Waals surface area contributed by atoms with Crippen LogP contribution in [0.3, 0.4) is 0 Å². The molecule has 4 saturated carbocycles. The van der Waals surface area contributed by atoms with Crippen molar-refractivity contribution in [2.45, 2.75) is 153 Å². The van der Waals surface area contributed by atoms with Crippen LogP contribution < -0.4 is 0 Å². The van der Waals surface area contributed by atoms with Gasteiger partial charge < -0.3 is 0 Å². The molecular weight excluding hydrogens is 711 g/mol. The molecule has 0 aromatic rings. The zero-order valence-electron chi connectivity index (χ0n) is 33.6. The molecule has 8 rings (SSSR count). The summed E-state index contributed by atoms with van der Waals surface area (Å²) in [6.45, 7) is 8.00. The van der Waals surface area contributed by atoms with Gasteiger partial charge in [0.05, 0.1) is 47.3 Å². The second-order valence-corrected chi connectivity index (χ2v) is 15.0. The number of nitrogens with zero attached hydrogens (tertiary/aromatic N) is 4. The van der Waals surface area contributed by atoms with Crippen LogP contribution in [0.2, 0.25) is 0 Å². The van der Waals surface area contributed by atoms with E-state index in [2.05, 4.69) is 0 Å². The van der Waals surface area contributed by atoms with Crippen LogP contribution in [0, 0.1) is 47.3 Å². The van der Waals surface area contributed by atoms with Gasteiger partial charge in [0.2, 0.25) is 47.3 Å². The Bertz CT molecular complexity index is 1060. The summed E-state index contributed by atoms with van der Waals surface area (Å²) in [5, 5.41) is 0. The molecular formula is C43H76BN4O8. The van der Waals surface area contributed by atoms with Crippen LogP contribution in [-0.2, 0) is 38.4 Å². The van der Waals surface area contributed by atoms with Gasteiger partial charge in [0, 0.05) is 36.6 Å². The Kier molecular flexibility index (Phi) is 24.5. The van der Waals surface area contributed by atoms with Gasteiger partial charge in [-0.05, 0) is 25.7 Å². The van der Waals surface area contributed by atoms with E-state index in [0.717, 1.165) is 19.6 Å². The smallest absolute Gasteiger partial charge is 0.232 e. The Morgan fingerprint density at radius 1 is 0.286 bits per heavy atom. The third-order valence-electron chi connectivity index (χ3n) is 12.2. The molecule has 8 amide bonds. The predicted molar refractivity (Wildman–Crippen MR) is 222 cm³/mol. The van der Waals surface area contributed by atoms with E-state index in [4.69, 9.17) is 0 Å². The van der Waals surface area contributed by atoms with E-state index in [1.165, 1.54) is 105 Å². The molecule has 8 unspecified atom stereocenters. The van der Waals surface area contributed by atoms with E-state index < -0.39 is 47.3 Å². The minimum Gasteiger partial charge on any atom is -0.285 e. The number of rotatable bonds is 0. The Morgan fingerprint density at radius 3 is 0.464 bits per heavy atom. The molecule has 4 aliphatic heterocycles. The predicted octanol–water partition coefficient (Wildman–Crippen LogP) is 6.75. The second kappa shape index (κ2) is 25.1. The molecule has 319 valence electrons. The van der Waals surface area contributed by atoms with Crippen LogP contribution in [0.25, 0.3) is 0 Å². The molecule has 8 atom stereocenters. The molecule has 0 aromatic heterocycles. The number of carbonyl (C=O) groups is 8. The van der Waals surface area contributed by atoms with Gasteiger partial charge in [-0.2, -0.15) is 0 Å². The first-order valence-electron chi connectivity index (χ1n) is 20.1. The molecule has 13 heteroatoms. The van der Waals surface area contributed by atoms with Crippen molar-refractivity contribution in [3.63, 3.8) is 0 Å². The zero-order chi connectivity index (χ0) is 38.9. The minimum atomic E-state index is -0.410. The molecule has 0 aromatic carbocycles. The number of likely N-dealkylation sites (tertiary alicyclic amines) is 4. The third-order valence-corrected chi connectivity index (χ3v) is 12.2. The van der Waals surface area contributed by atoms with Crippen LogP contribution in [-0.4, -0.2) is 103 Å². The van der Waals surface area contributed by atoms with Gasteiger partial charge in [-0.25, -0.2) is 0 Å². The van der Waals surface area contributed by atoms with E-state index in [9.17, 15) is 38.4 Å². The van der Waals surface area contributed by atoms with Gasteiger partial charge in [-0.1, -0.05) is 127 Å². The van der Waals surface area contributed by atoms with Gasteiger partial charge in [-0.15, -0.1) is 0 Å². The van der Waals surface area contributed by atoms with Gasteiger partial charge in [0.1, 0.15) is 0 Å². The fourth-order valence-electron chi connectivity index (χ4n) is 9.14. The largest absolute Gasteiger partial charge is 0.285 e.